The summed E-state index contributed by atoms with van der Waals surface area (Å²) in [5.74, 6) is 1.30. The highest BCUT2D eigenvalue weighted by molar-refractivity contribution is 6.00. The van der Waals surface area contributed by atoms with Gasteiger partial charge in [0.2, 0.25) is 0 Å². The van der Waals surface area contributed by atoms with Gasteiger partial charge in [0.25, 0.3) is 11.7 Å². The molecular formula is C17H32N4O2. The number of likely N-dealkylation sites (N-methyl/N-ethyl adjacent to an activating group) is 2. The highest BCUT2D eigenvalue weighted by Gasteiger charge is 2.60. The van der Waals surface area contributed by atoms with E-state index in [-0.39, 0.29) is 11.1 Å². The third-order valence-electron chi connectivity index (χ3n) is 7.25. The Kier molecular flexibility index (Phi) is 3.53. The lowest BCUT2D eigenvalue weighted by Gasteiger charge is -2.35. The van der Waals surface area contributed by atoms with E-state index in [2.05, 4.69) is 27.7 Å². The van der Waals surface area contributed by atoms with Crippen LogP contribution < -0.4 is 0 Å². The Morgan fingerprint density at radius 2 is 0.957 bits per heavy atom. The van der Waals surface area contributed by atoms with E-state index in [1.165, 1.54) is 0 Å². The molecule has 6 heteroatoms. The van der Waals surface area contributed by atoms with Gasteiger partial charge >= 0.3 is 0 Å². The fraction of sp³-hybridized carbons (Fsp3) is 0.882. The lowest BCUT2D eigenvalue weighted by molar-refractivity contribution is -0.544. The second-order valence-electron chi connectivity index (χ2n) is 8.95. The van der Waals surface area contributed by atoms with Gasteiger partial charge in [-0.1, -0.05) is 0 Å². The van der Waals surface area contributed by atoms with Crippen molar-refractivity contribution in [1.82, 2.24) is 9.80 Å². The van der Waals surface area contributed by atoms with E-state index in [0.717, 1.165) is 9.48 Å². The van der Waals surface area contributed by atoms with Gasteiger partial charge in [0, 0.05) is 0 Å². The maximum Gasteiger partial charge on any atom is 0.263 e. The van der Waals surface area contributed by atoms with Crippen LogP contribution in [0, 0.1) is 10.4 Å². The minimum Gasteiger partial charge on any atom is -0.715 e. The zero-order valence-electron chi connectivity index (χ0n) is 16.3. The quantitative estimate of drug-likeness (QED) is 0.577. The maximum absolute atomic E-state index is 12.9. The largest absolute Gasteiger partial charge is 0.715 e. The smallest absolute Gasteiger partial charge is 0.263 e. The highest BCUT2D eigenvalue weighted by Crippen LogP contribution is 2.39. The van der Waals surface area contributed by atoms with E-state index in [0.29, 0.717) is 18.1 Å². The van der Waals surface area contributed by atoms with Gasteiger partial charge in [-0.05, 0) is 55.4 Å². The average Bonchev–Trinajstić information content (AvgIpc) is 2.61. The Morgan fingerprint density at radius 1 is 0.696 bits per heavy atom. The molecule has 0 aromatic heterocycles. The molecule has 0 aromatic carbocycles. The summed E-state index contributed by atoms with van der Waals surface area (Å²) in [5, 5.41) is 25.7. The van der Waals surface area contributed by atoms with Gasteiger partial charge < -0.3 is 10.4 Å². The van der Waals surface area contributed by atoms with E-state index < -0.39 is 11.1 Å². The van der Waals surface area contributed by atoms with Gasteiger partial charge in [-0.2, -0.15) is 0 Å². The predicted molar refractivity (Wildman–Crippen MR) is 93.7 cm³/mol. The van der Waals surface area contributed by atoms with Crippen molar-refractivity contribution in [1.29, 1.82) is 0 Å². The molecule has 2 heterocycles. The normalized spacial score (nSPS) is 28.1. The van der Waals surface area contributed by atoms with Gasteiger partial charge in [-0.25, -0.2) is 0 Å². The Hall–Kier alpha value is -1.46. The van der Waals surface area contributed by atoms with E-state index in [1.807, 2.05) is 51.6 Å². The van der Waals surface area contributed by atoms with Gasteiger partial charge in [0.15, 0.2) is 0 Å². The summed E-state index contributed by atoms with van der Waals surface area (Å²) in [6.07, 6.45) is 0.347. The topological polar surface area (TPSA) is 58.6 Å². The molecule has 132 valence electrons. The van der Waals surface area contributed by atoms with Gasteiger partial charge in [0.1, 0.15) is 28.6 Å². The number of rotatable bonds is 2. The number of hydroxylamine groups is 2. The molecule has 0 amide bonds. The molecule has 6 nitrogen and oxygen atoms in total. The molecule has 2 aliphatic rings. The number of hydrogen-bond donors (Lipinski definition) is 0. The second-order valence-corrected chi connectivity index (χ2v) is 8.95. The number of nitrogens with zero attached hydrogens (tertiary/aromatic N) is 4. The van der Waals surface area contributed by atoms with E-state index >= 15 is 0 Å². The van der Waals surface area contributed by atoms with Crippen molar-refractivity contribution in [3.05, 3.63) is 10.4 Å². The Balaban J connectivity index is 2.48. The monoisotopic (exact) mass is 324 g/mol. The fourth-order valence-corrected chi connectivity index (χ4v) is 3.40. The van der Waals surface area contributed by atoms with Crippen molar-refractivity contribution in [2.45, 2.75) is 84.0 Å². The molecule has 0 fully saturated rings. The molecule has 0 atom stereocenters. The first-order valence-corrected chi connectivity index (χ1v) is 8.26. The molecule has 0 radical (unpaired) electrons. The SMILES string of the molecule is CN1C(CC2=[N+]([O-])C(C)(C)C(C)(C)N2C)=[N+]([O-])C(C)(C)C1(C)C. The van der Waals surface area contributed by atoms with Crippen LogP contribution in [0.2, 0.25) is 0 Å². The van der Waals surface area contributed by atoms with Crippen molar-refractivity contribution in [3.63, 3.8) is 0 Å². The molecule has 0 unspecified atom stereocenters. The zero-order chi connectivity index (χ0) is 18.2. The first-order chi connectivity index (χ1) is 10.1. The first-order valence-electron chi connectivity index (χ1n) is 8.26. The first kappa shape index (κ1) is 17.9. The third-order valence-corrected chi connectivity index (χ3v) is 7.25. The van der Waals surface area contributed by atoms with Crippen LogP contribution in [0.25, 0.3) is 0 Å². The maximum atomic E-state index is 12.9. The Bertz CT molecular complexity index is 548. The molecule has 0 N–H and O–H groups in total. The van der Waals surface area contributed by atoms with Gasteiger partial charge in [-0.3, -0.25) is 19.3 Å². The van der Waals surface area contributed by atoms with E-state index in [9.17, 15) is 10.4 Å². The highest BCUT2D eigenvalue weighted by atomic mass is 16.5. The van der Waals surface area contributed by atoms with Crippen LogP contribution in [0.1, 0.15) is 61.8 Å². The Morgan fingerprint density at radius 3 is 1.13 bits per heavy atom. The number of amidine groups is 2. The van der Waals surface area contributed by atoms with Crippen LogP contribution in [0.15, 0.2) is 0 Å². The van der Waals surface area contributed by atoms with Crippen molar-refractivity contribution in [2.75, 3.05) is 14.1 Å². The molecule has 23 heavy (non-hydrogen) atoms. The summed E-state index contributed by atoms with van der Waals surface area (Å²) >= 11 is 0. The lowest BCUT2D eigenvalue weighted by Crippen LogP contribution is -2.54. The summed E-state index contributed by atoms with van der Waals surface area (Å²) in [5.41, 5.74) is -1.71. The second kappa shape index (κ2) is 4.54. The van der Waals surface area contributed by atoms with E-state index in [1.54, 1.807) is 0 Å². The predicted octanol–water partition coefficient (Wildman–Crippen LogP) is 2.20. The summed E-state index contributed by atoms with van der Waals surface area (Å²) in [6, 6.07) is 0. The molecule has 0 saturated carbocycles. The zero-order valence-corrected chi connectivity index (χ0v) is 16.3. The van der Waals surface area contributed by atoms with Crippen molar-refractivity contribution in [3.8, 4) is 0 Å². The summed E-state index contributed by atoms with van der Waals surface area (Å²) in [7, 11) is 3.88. The third kappa shape index (κ3) is 1.93. The van der Waals surface area contributed by atoms with Gasteiger partial charge in [0.05, 0.1) is 14.1 Å². The van der Waals surface area contributed by atoms with Crippen LogP contribution in [-0.4, -0.2) is 67.2 Å². The standard InChI is InChI=1S/C17H32N4O2/c1-14(2)16(5,6)20(22)12(18(14)9)11-13-19(10)15(3,4)17(7,8)21(13)23/h11H2,1-10H3. The van der Waals surface area contributed by atoms with Crippen molar-refractivity contribution >= 4 is 11.7 Å². The van der Waals surface area contributed by atoms with Crippen LogP contribution in [0.5, 0.6) is 0 Å². The van der Waals surface area contributed by atoms with Crippen LogP contribution in [0.3, 0.4) is 0 Å². The van der Waals surface area contributed by atoms with Crippen molar-refractivity contribution in [2.24, 2.45) is 0 Å². The summed E-state index contributed by atoms with van der Waals surface area (Å²) < 4.78 is 2.17. The fourth-order valence-electron chi connectivity index (χ4n) is 3.40. The van der Waals surface area contributed by atoms with Crippen LogP contribution in [-0.2, 0) is 0 Å². The summed E-state index contributed by atoms with van der Waals surface area (Å²) in [6.45, 7) is 16.1. The molecule has 0 aromatic rings. The van der Waals surface area contributed by atoms with Crippen LogP contribution in [0.4, 0.5) is 0 Å². The minimum atomic E-state index is -0.548. The molecular weight excluding hydrogens is 292 g/mol. The lowest BCUT2D eigenvalue weighted by atomic mass is 9.83. The molecule has 0 spiro atoms. The van der Waals surface area contributed by atoms with Gasteiger partial charge in [-0.15, -0.1) is 0 Å². The molecule has 2 rings (SSSR count). The van der Waals surface area contributed by atoms with E-state index in [4.69, 9.17) is 0 Å². The minimum absolute atomic E-state index is 0.305. The molecule has 0 saturated heterocycles. The molecule has 0 bridgehead atoms. The van der Waals surface area contributed by atoms with Crippen LogP contribution >= 0.6 is 0 Å². The van der Waals surface area contributed by atoms with Crippen molar-refractivity contribution < 1.29 is 9.48 Å². The average molecular weight is 324 g/mol. The summed E-state index contributed by atoms with van der Waals surface area (Å²) in [4.78, 5) is 4.04. The molecule has 2 aliphatic heterocycles. The Labute approximate surface area is 140 Å². The number of hydrogen-bond acceptors (Lipinski definition) is 4. The molecule has 0 aliphatic carbocycles.